The zero-order chi connectivity index (χ0) is 33.5. The van der Waals surface area contributed by atoms with Crippen molar-refractivity contribution in [3.05, 3.63) is 52.4 Å². The van der Waals surface area contributed by atoms with Gasteiger partial charge >= 0.3 is 12.1 Å². The summed E-state index contributed by atoms with van der Waals surface area (Å²) in [4.78, 5) is 27.5. The third-order valence-corrected chi connectivity index (χ3v) is 8.95. The number of likely N-dealkylation sites (tertiary alicyclic amines) is 1. The Morgan fingerprint density at radius 2 is 2.00 bits per heavy atom. The number of ether oxygens (including phenoxy) is 2. The van der Waals surface area contributed by atoms with Crippen molar-refractivity contribution in [2.24, 2.45) is 0 Å². The molecule has 14 heteroatoms. The number of aromatic nitrogens is 2. The van der Waals surface area contributed by atoms with Crippen molar-refractivity contribution in [3.63, 3.8) is 0 Å². The molecule has 0 aliphatic carbocycles. The van der Waals surface area contributed by atoms with E-state index in [1.165, 1.54) is 6.07 Å². The molecule has 1 N–H and O–H groups in total. The zero-order valence-corrected chi connectivity index (χ0v) is 27.3. The summed E-state index contributed by atoms with van der Waals surface area (Å²) >= 11 is 6.46. The third kappa shape index (κ3) is 7.13. The van der Waals surface area contributed by atoms with Gasteiger partial charge in [-0.25, -0.2) is 18.0 Å². The van der Waals surface area contributed by atoms with Gasteiger partial charge in [-0.15, -0.1) is 0 Å². The first-order valence-corrected chi connectivity index (χ1v) is 16.1. The summed E-state index contributed by atoms with van der Waals surface area (Å²) in [7, 11) is 0. The molecule has 0 radical (unpaired) electrons. The van der Waals surface area contributed by atoms with E-state index in [0.717, 1.165) is 21.5 Å². The molecule has 2 aromatic carbocycles. The Morgan fingerprint density at radius 1 is 1.19 bits per heavy atom. The van der Waals surface area contributed by atoms with Crippen molar-refractivity contribution in [2.45, 2.75) is 70.2 Å². The number of rotatable bonds is 6. The monoisotopic (exact) mass is 671 g/mol. The number of carbonyl (C=O) groups excluding carboxylic acids is 1. The molecule has 47 heavy (non-hydrogen) atoms. The molecule has 0 saturated carbocycles. The first kappa shape index (κ1) is 32.9. The maximum atomic E-state index is 14.6. The fraction of sp³-hybridized carbons (Fsp3) is 0.515. The summed E-state index contributed by atoms with van der Waals surface area (Å²) in [6, 6.07) is 9.92. The highest BCUT2D eigenvalue weighted by atomic mass is 35.5. The molecule has 0 unspecified atom stereocenters. The number of anilines is 2. The van der Waals surface area contributed by atoms with Crippen LogP contribution in [0.5, 0.6) is 6.01 Å². The van der Waals surface area contributed by atoms with E-state index in [1.54, 1.807) is 26.8 Å². The number of fused-ring (bicyclic) bond motifs is 2. The summed E-state index contributed by atoms with van der Waals surface area (Å²) in [5.41, 5.74) is 1.51. The minimum absolute atomic E-state index is 0.00248. The average Bonchev–Trinajstić information content (AvgIpc) is 3.34. The molecule has 2 atom stereocenters. The number of hydrogen-bond acceptors (Lipinski definition) is 9. The maximum Gasteiger partial charge on any atom is 0.410 e. The Balaban J connectivity index is 1.32. The number of nitrogens with zero attached hydrogens (tertiary/aromatic N) is 6. The van der Waals surface area contributed by atoms with E-state index in [1.807, 2.05) is 18.2 Å². The fourth-order valence-corrected chi connectivity index (χ4v) is 6.76. The minimum atomic E-state index is -3.09. The normalized spacial score (nSPS) is 21.0. The van der Waals surface area contributed by atoms with E-state index in [9.17, 15) is 23.2 Å². The summed E-state index contributed by atoms with van der Waals surface area (Å²) < 4.78 is 55.1. The summed E-state index contributed by atoms with van der Waals surface area (Å²) in [6.45, 7) is 6.76. The van der Waals surface area contributed by atoms with Crippen LogP contribution in [-0.4, -0.2) is 83.9 Å². The quantitative estimate of drug-likeness (QED) is 0.353. The average molecular weight is 672 g/mol. The SMILES string of the molecule is CC(C)(C)OC(=O)N1CC(F)(F)C[C@H]1COc1nc2c(c(N3CCN[C@@H](CC#N)C3)n1)CCN(c1cccc3ccc(F)c(Cl)c13)C2. The minimum Gasteiger partial charge on any atom is -0.461 e. The standard InChI is InChI=1S/C33H37ClF3N7O3/c1-32(2,3)47-31(45)44-19-33(36,37)15-22(44)18-46-30-40-25-17-42(26-6-4-5-20-7-8-24(35)28(34)27(20)26)13-10-23(25)29(41-30)43-14-12-39-21(16-43)9-11-38/h4-8,21-22,39H,9-10,12-19H2,1-3H3/t21-,22-/m0/s1. The van der Waals surface area contributed by atoms with E-state index < -0.39 is 42.4 Å². The van der Waals surface area contributed by atoms with Gasteiger partial charge in [0.1, 0.15) is 23.8 Å². The zero-order valence-electron chi connectivity index (χ0n) is 26.5. The molecule has 6 rings (SSSR count). The Morgan fingerprint density at radius 3 is 2.77 bits per heavy atom. The first-order valence-electron chi connectivity index (χ1n) is 15.7. The number of amides is 1. The molecule has 0 bridgehead atoms. The molecule has 4 heterocycles. The summed E-state index contributed by atoms with van der Waals surface area (Å²) in [5.74, 6) is -2.94. The van der Waals surface area contributed by atoms with Crippen molar-refractivity contribution in [1.82, 2.24) is 20.2 Å². The van der Waals surface area contributed by atoms with Crippen LogP contribution in [0.4, 0.5) is 29.5 Å². The second kappa shape index (κ2) is 12.9. The second-order valence-electron chi connectivity index (χ2n) is 13.3. The predicted molar refractivity (Wildman–Crippen MR) is 172 cm³/mol. The molecule has 250 valence electrons. The van der Waals surface area contributed by atoms with Crippen molar-refractivity contribution in [3.8, 4) is 12.1 Å². The van der Waals surface area contributed by atoms with E-state index in [4.69, 9.17) is 31.0 Å². The maximum absolute atomic E-state index is 14.6. The number of halogens is 4. The number of hydrogen-bond donors (Lipinski definition) is 1. The highest BCUT2D eigenvalue weighted by molar-refractivity contribution is 6.36. The number of nitrogens with one attached hydrogen (secondary N) is 1. The van der Waals surface area contributed by atoms with Gasteiger partial charge in [0.2, 0.25) is 0 Å². The van der Waals surface area contributed by atoms with Crippen LogP contribution in [0.1, 0.15) is 44.9 Å². The van der Waals surface area contributed by atoms with Crippen LogP contribution in [0, 0.1) is 17.1 Å². The van der Waals surface area contributed by atoms with Gasteiger partial charge < -0.3 is 24.6 Å². The van der Waals surface area contributed by atoms with Crippen LogP contribution in [0.25, 0.3) is 10.8 Å². The Bertz CT molecular complexity index is 1710. The molecule has 3 aromatic rings. The van der Waals surface area contributed by atoms with Crippen LogP contribution >= 0.6 is 11.6 Å². The fourth-order valence-electron chi connectivity index (χ4n) is 6.49. The smallest absolute Gasteiger partial charge is 0.410 e. The van der Waals surface area contributed by atoms with Gasteiger partial charge in [-0.05, 0) is 44.7 Å². The number of alkyl halides is 2. The second-order valence-corrected chi connectivity index (χ2v) is 13.6. The van der Waals surface area contributed by atoms with Crippen LogP contribution in [-0.2, 0) is 17.7 Å². The number of benzene rings is 2. The highest BCUT2D eigenvalue weighted by Crippen LogP contribution is 2.38. The predicted octanol–water partition coefficient (Wildman–Crippen LogP) is 5.70. The van der Waals surface area contributed by atoms with Gasteiger partial charge in [-0.3, -0.25) is 4.90 Å². The molecule has 10 nitrogen and oxygen atoms in total. The van der Waals surface area contributed by atoms with Crippen LogP contribution in [0.3, 0.4) is 0 Å². The lowest BCUT2D eigenvalue weighted by Crippen LogP contribution is -2.51. The van der Waals surface area contributed by atoms with Crippen molar-refractivity contribution >= 4 is 40.0 Å². The lowest BCUT2D eigenvalue weighted by molar-refractivity contribution is -0.00277. The highest BCUT2D eigenvalue weighted by Gasteiger charge is 2.48. The van der Waals surface area contributed by atoms with E-state index in [-0.39, 0.29) is 23.7 Å². The molecule has 2 saturated heterocycles. The number of nitriles is 1. The Hall–Kier alpha value is -4.02. The number of carbonyl (C=O) groups is 1. The molecule has 0 spiro atoms. The molecule has 3 aliphatic heterocycles. The molecule has 1 amide bonds. The van der Waals surface area contributed by atoms with Crippen LogP contribution in [0.2, 0.25) is 5.02 Å². The van der Waals surface area contributed by atoms with Gasteiger partial charge in [-0.2, -0.15) is 15.2 Å². The Kier molecular flexibility index (Phi) is 9.02. The molecule has 2 fully saturated rings. The lowest BCUT2D eigenvalue weighted by Gasteiger charge is -2.37. The van der Waals surface area contributed by atoms with Crippen LogP contribution < -0.4 is 19.9 Å². The van der Waals surface area contributed by atoms with Crippen molar-refractivity contribution < 1.29 is 27.4 Å². The molecular weight excluding hydrogens is 635 g/mol. The molecular formula is C33H37ClF3N7O3. The summed E-state index contributed by atoms with van der Waals surface area (Å²) in [5, 5.41) is 14.1. The van der Waals surface area contributed by atoms with Gasteiger partial charge in [0.05, 0.1) is 42.3 Å². The lowest BCUT2D eigenvalue weighted by atomic mass is 10.0. The van der Waals surface area contributed by atoms with Gasteiger partial charge in [0.15, 0.2) is 0 Å². The molecule has 1 aromatic heterocycles. The topological polar surface area (TPSA) is 107 Å². The van der Waals surface area contributed by atoms with E-state index in [2.05, 4.69) is 21.2 Å². The first-order chi connectivity index (χ1) is 22.3. The van der Waals surface area contributed by atoms with Crippen LogP contribution in [0.15, 0.2) is 30.3 Å². The largest absolute Gasteiger partial charge is 0.461 e. The van der Waals surface area contributed by atoms with Crippen molar-refractivity contribution in [2.75, 3.05) is 49.1 Å². The van der Waals surface area contributed by atoms with Gasteiger partial charge in [0.25, 0.3) is 5.92 Å². The number of piperazine rings is 1. The van der Waals surface area contributed by atoms with Gasteiger partial charge in [-0.1, -0.05) is 29.8 Å². The van der Waals surface area contributed by atoms with Crippen molar-refractivity contribution in [1.29, 1.82) is 5.26 Å². The van der Waals surface area contributed by atoms with E-state index >= 15 is 0 Å². The molecule has 3 aliphatic rings. The van der Waals surface area contributed by atoms with E-state index in [0.29, 0.717) is 62.5 Å². The van der Waals surface area contributed by atoms with Gasteiger partial charge in [0, 0.05) is 55.3 Å². The third-order valence-electron chi connectivity index (χ3n) is 8.58. The Labute approximate surface area is 276 Å². The summed E-state index contributed by atoms with van der Waals surface area (Å²) in [6.07, 6.45) is -0.512.